The number of nitrogens with one attached hydrogen (secondary N) is 1. The molecule has 0 bridgehead atoms. The van der Waals surface area contributed by atoms with Crippen molar-refractivity contribution in [3.05, 3.63) is 74.8 Å². The second-order valence-corrected chi connectivity index (χ2v) is 8.61. The summed E-state index contributed by atoms with van der Waals surface area (Å²) in [6, 6.07) is 6.47. The largest absolute Gasteiger partial charge is 0.453 e. The number of hydrogen-bond donors (Lipinski definition) is 1. The minimum atomic E-state index is -5.01. The molecular formula is C21H12Cl2F7N5O2. The maximum Gasteiger partial charge on any atom is 0.453 e. The van der Waals surface area contributed by atoms with Gasteiger partial charge in [0.15, 0.2) is 5.82 Å². The van der Waals surface area contributed by atoms with Crippen LogP contribution in [0.25, 0.3) is 0 Å². The highest BCUT2D eigenvalue weighted by atomic mass is 35.5. The molecule has 1 aliphatic rings. The van der Waals surface area contributed by atoms with Crippen molar-refractivity contribution in [1.29, 1.82) is 0 Å². The predicted molar refractivity (Wildman–Crippen MR) is 117 cm³/mol. The number of amides is 1. The van der Waals surface area contributed by atoms with Crippen LogP contribution >= 0.6 is 23.2 Å². The van der Waals surface area contributed by atoms with Crippen LogP contribution in [0.5, 0.6) is 0 Å². The number of oxime groups is 1. The first kappa shape index (κ1) is 26.7. The molecule has 196 valence electrons. The molecule has 37 heavy (non-hydrogen) atoms. The van der Waals surface area contributed by atoms with Crippen LogP contribution in [0.15, 0.2) is 41.6 Å². The SMILES string of the molecule is Cn1nc(C(F)(F)F)nc1NC(=O)c1ccc(C2=NOC(c3cc(Cl)c(F)c(Cl)c3)(C(F)(F)F)C2)cc1. The lowest BCUT2D eigenvalue weighted by Gasteiger charge is -2.29. The van der Waals surface area contributed by atoms with Gasteiger partial charge in [-0.15, -0.1) is 5.10 Å². The fraction of sp³-hybridized carbons (Fsp3) is 0.238. The number of anilines is 1. The van der Waals surface area contributed by atoms with Crippen molar-refractivity contribution in [2.24, 2.45) is 12.2 Å². The number of carbonyl (C=O) groups excluding carboxylic acids is 1. The quantitative estimate of drug-likeness (QED) is 0.303. The fourth-order valence-electron chi connectivity index (χ4n) is 3.45. The molecule has 2 heterocycles. The Balaban J connectivity index is 1.55. The molecule has 16 heteroatoms. The molecule has 1 aliphatic heterocycles. The summed E-state index contributed by atoms with van der Waals surface area (Å²) in [6.45, 7) is 0. The van der Waals surface area contributed by atoms with Gasteiger partial charge in [0.2, 0.25) is 5.95 Å². The lowest BCUT2D eigenvalue weighted by Crippen LogP contribution is -2.42. The summed E-state index contributed by atoms with van der Waals surface area (Å²) in [5.74, 6) is -3.85. The van der Waals surface area contributed by atoms with Crippen LogP contribution in [-0.2, 0) is 23.7 Å². The van der Waals surface area contributed by atoms with Crippen molar-refractivity contribution in [2.45, 2.75) is 24.4 Å². The van der Waals surface area contributed by atoms with Crippen LogP contribution in [0.3, 0.4) is 0 Å². The average Bonchev–Trinajstić information content (AvgIpc) is 3.42. The molecule has 7 nitrogen and oxygen atoms in total. The Kier molecular flexibility index (Phi) is 6.61. The smallest absolute Gasteiger partial charge is 0.374 e. The molecule has 0 saturated heterocycles. The van der Waals surface area contributed by atoms with Crippen LogP contribution in [0.1, 0.15) is 33.7 Å². The van der Waals surface area contributed by atoms with Crippen LogP contribution in [0.4, 0.5) is 36.7 Å². The summed E-state index contributed by atoms with van der Waals surface area (Å²) < 4.78 is 95.1. The zero-order chi connectivity index (χ0) is 27.3. The van der Waals surface area contributed by atoms with E-state index in [2.05, 4.69) is 20.6 Å². The van der Waals surface area contributed by atoms with E-state index in [1.54, 1.807) is 0 Å². The molecule has 2 aromatic carbocycles. The summed E-state index contributed by atoms with van der Waals surface area (Å²) in [6.07, 6.45) is -10.6. The Labute approximate surface area is 212 Å². The molecule has 1 aromatic heterocycles. The van der Waals surface area contributed by atoms with E-state index in [9.17, 15) is 35.5 Å². The first-order chi connectivity index (χ1) is 17.1. The van der Waals surface area contributed by atoms with Gasteiger partial charge in [0.1, 0.15) is 0 Å². The highest BCUT2D eigenvalue weighted by molar-refractivity contribution is 6.35. The second kappa shape index (κ2) is 9.17. The normalized spacial score (nSPS) is 17.9. The summed E-state index contributed by atoms with van der Waals surface area (Å²) in [5, 5.41) is 7.63. The van der Waals surface area contributed by atoms with E-state index in [4.69, 9.17) is 28.0 Å². The molecule has 3 aromatic rings. The molecule has 0 aliphatic carbocycles. The topological polar surface area (TPSA) is 81.4 Å². The van der Waals surface area contributed by atoms with Crippen molar-refractivity contribution in [3.63, 3.8) is 0 Å². The molecule has 1 N–H and O–H groups in total. The van der Waals surface area contributed by atoms with Gasteiger partial charge in [0.25, 0.3) is 17.3 Å². The van der Waals surface area contributed by atoms with E-state index in [0.29, 0.717) is 0 Å². The second-order valence-electron chi connectivity index (χ2n) is 7.80. The van der Waals surface area contributed by atoms with Crippen LogP contribution in [0.2, 0.25) is 10.0 Å². The molecule has 4 rings (SSSR count). The predicted octanol–water partition coefficient (Wildman–Crippen LogP) is 6.11. The maximum absolute atomic E-state index is 14.1. The Bertz CT molecular complexity index is 1380. The first-order valence-electron chi connectivity index (χ1n) is 9.99. The zero-order valence-corrected chi connectivity index (χ0v) is 19.7. The third-order valence-corrected chi connectivity index (χ3v) is 5.91. The first-order valence-corrected chi connectivity index (χ1v) is 10.7. The van der Waals surface area contributed by atoms with E-state index in [1.807, 2.05) is 0 Å². The van der Waals surface area contributed by atoms with Gasteiger partial charge in [-0.3, -0.25) is 10.1 Å². The van der Waals surface area contributed by atoms with Gasteiger partial charge in [-0.1, -0.05) is 40.5 Å². The lowest BCUT2D eigenvalue weighted by atomic mass is 9.86. The van der Waals surface area contributed by atoms with Gasteiger partial charge in [-0.25, -0.2) is 9.07 Å². The molecule has 0 radical (unpaired) electrons. The maximum atomic E-state index is 14.1. The van der Waals surface area contributed by atoms with E-state index < -0.39 is 63.5 Å². The third-order valence-electron chi connectivity index (χ3n) is 5.36. The van der Waals surface area contributed by atoms with E-state index in [1.165, 1.54) is 24.3 Å². The third kappa shape index (κ3) is 4.94. The average molecular weight is 570 g/mol. The number of halogens is 9. The molecule has 0 fully saturated rings. The highest BCUT2D eigenvalue weighted by Crippen LogP contribution is 2.50. The molecule has 1 unspecified atom stereocenters. The number of aryl methyl sites for hydroxylation is 1. The monoisotopic (exact) mass is 569 g/mol. The molecule has 0 spiro atoms. The Hall–Kier alpha value is -3.39. The Morgan fingerprint density at radius 1 is 1.08 bits per heavy atom. The number of rotatable bonds is 4. The van der Waals surface area contributed by atoms with Gasteiger partial charge in [-0.05, 0) is 29.8 Å². The summed E-state index contributed by atoms with van der Waals surface area (Å²) >= 11 is 11.4. The van der Waals surface area contributed by atoms with Crippen LogP contribution in [-0.4, -0.2) is 32.6 Å². The highest BCUT2D eigenvalue weighted by Gasteiger charge is 2.62. The number of aromatic nitrogens is 3. The molecular weight excluding hydrogens is 558 g/mol. The van der Waals surface area contributed by atoms with Crippen molar-refractivity contribution in [1.82, 2.24) is 14.8 Å². The number of hydrogen-bond acceptors (Lipinski definition) is 5. The number of benzene rings is 2. The van der Waals surface area contributed by atoms with Gasteiger partial charge in [-0.2, -0.15) is 31.3 Å². The minimum absolute atomic E-state index is 0.0426. The van der Waals surface area contributed by atoms with E-state index in [0.717, 1.165) is 23.9 Å². The van der Waals surface area contributed by atoms with Crippen molar-refractivity contribution >= 4 is 40.8 Å². The van der Waals surface area contributed by atoms with Crippen LogP contribution in [0, 0.1) is 5.82 Å². The Morgan fingerprint density at radius 3 is 2.19 bits per heavy atom. The van der Waals surface area contributed by atoms with E-state index in [-0.39, 0.29) is 16.8 Å². The zero-order valence-electron chi connectivity index (χ0n) is 18.2. The van der Waals surface area contributed by atoms with Crippen molar-refractivity contribution in [3.8, 4) is 0 Å². The molecule has 1 atom stereocenters. The number of nitrogens with zero attached hydrogens (tertiary/aromatic N) is 4. The summed E-state index contributed by atoms with van der Waals surface area (Å²) in [4.78, 5) is 20.5. The van der Waals surface area contributed by atoms with Gasteiger partial charge < -0.3 is 4.84 Å². The standard InChI is InChI=1S/C21H12Cl2F7N5O2/c1-35-18(32-17(33-35)20(25,26)27)31-16(36)10-4-2-9(3-5-10)14-8-19(37-34-14,21(28,29)30)11-6-12(22)15(24)13(23)7-11/h2-7H,8H2,1H3,(H,31,32,33,36). The minimum Gasteiger partial charge on any atom is -0.374 e. The summed E-state index contributed by atoms with van der Waals surface area (Å²) in [7, 11) is 1.15. The van der Waals surface area contributed by atoms with Gasteiger partial charge in [0, 0.05) is 24.6 Å². The molecule has 0 saturated carbocycles. The van der Waals surface area contributed by atoms with E-state index >= 15 is 0 Å². The van der Waals surface area contributed by atoms with Crippen LogP contribution < -0.4 is 5.32 Å². The van der Waals surface area contributed by atoms with Crippen molar-refractivity contribution in [2.75, 3.05) is 5.32 Å². The lowest BCUT2D eigenvalue weighted by molar-refractivity contribution is -0.275. The van der Waals surface area contributed by atoms with Gasteiger partial charge >= 0.3 is 12.4 Å². The number of carbonyl (C=O) groups is 1. The Morgan fingerprint density at radius 2 is 1.68 bits per heavy atom. The number of alkyl halides is 6. The summed E-state index contributed by atoms with van der Waals surface area (Å²) in [5.41, 5.74) is -3.60. The van der Waals surface area contributed by atoms with Gasteiger partial charge in [0.05, 0.1) is 15.8 Å². The molecule has 1 amide bonds. The van der Waals surface area contributed by atoms with Crippen molar-refractivity contribution < 1.29 is 40.4 Å². The fourth-order valence-corrected chi connectivity index (χ4v) is 3.94.